The van der Waals surface area contributed by atoms with Crippen LogP contribution in [0, 0.1) is 6.92 Å². The van der Waals surface area contributed by atoms with Crippen LogP contribution < -0.4 is 11.1 Å². The highest BCUT2D eigenvalue weighted by Crippen LogP contribution is 2.49. The summed E-state index contributed by atoms with van der Waals surface area (Å²) in [5.41, 5.74) is 9.08. The predicted octanol–water partition coefficient (Wildman–Crippen LogP) is 2.27. The maximum Gasteiger partial charge on any atom is 0.188 e. The summed E-state index contributed by atoms with van der Waals surface area (Å²) in [6.45, 7) is 8.76. The molecule has 25 heavy (non-hydrogen) atoms. The van der Waals surface area contributed by atoms with Gasteiger partial charge in [0.1, 0.15) is 0 Å². The molecule has 1 aliphatic carbocycles. The smallest absolute Gasteiger partial charge is 0.188 e. The third kappa shape index (κ3) is 5.82. The van der Waals surface area contributed by atoms with Crippen molar-refractivity contribution in [2.24, 2.45) is 10.7 Å². The molecule has 140 valence electrons. The second-order valence-electron chi connectivity index (χ2n) is 7.03. The van der Waals surface area contributed by atoms with Crippen LogP contribution in [0.25, 0.3) is 0 Å². The number of aliphatic imine (C=N–C) groups is 1. The molecule has 2 fully saturated rings. The molecule has 0 aromatic heterocycles. The quantitative estimate of drug-likeness (QED) is 0.285. The van der Waals surface area contributed by atoms with Crippen LogP contribution in [-0.4, -0.2) is 56.8 Å². The van der Waals surface area contributed by atoms with Gasteiger partial charge in [-0.25, -0.2) is 0 Å². The molecule has 1 saturated carbocycles. The normalized spacial score (nSPS) is 20.0. The first kappa shape index (κ1) is 20.5. The largest absolute Gasteiger partial charge is 0.379 e. The van der Waals surface area contributed by atoms with E-state index >= 15 is 0 Å². The number of ether oxygens (including phenoxy) is 1. The molecule has 0 radical (unpaired) electrons. The molecule has 0 bridgehead atoms. The monoisotopic (exact) mass is 458 g/mol. The SMILES string of the molecule is Cc1ccccc1C1(CN=C(N)NCCCN2CCOCC2)CC1.I. The van der Waals surface area contributed by atoms with Crippen molar-refractivity contribution < 1.29 is 4.74 Å². The molecule has 1 heterocycles. The molecule has 5 nitrogen and oxygen atoms in total. The van der Waals surface area contributed by atoms with Crippen LogP contribution in [0.2, 0.25) is 0 Å². The van der Waals surface area contributed by atoms with Crippen molar-refractivity contribution in [2.75, 3.05) is 45.9 Å². The summed E-state index contributed by atoms with van der Waals surface area (Å²) in [5.74, 6) is 0.580. The zero-order valence-corrected chi connectivity index (χ0v) is 17.5. The highest BCUT2D eigenvalue weighted by atomic mass is 127. The van der Waals surface area contributed by atoms with Gasteiger partial charge >= 0.3 is 0 Å². The second kappa shape index (κ2) is 9.73. The van der Waals surface area contributed by atoms with Crippen LogP contribution in [-0.2, 0) is 10.2 Å². The Labute approximate surface area is 168 Å². The Kier molecular flexibility index (Phi) is 7.96. The standard InChI is InChI=1S/C19H30N4O.HI/c1-16-5-2-3-6-17(16)19(7-8-19)15-22-18(20)21-9-4-10-23-11-13-24-14-12-23;/h2-3,5-6H,4,7-15H2,1H3,(H3,20,21,22);1H. The van der Waals surface area contributed by atoms with Crippen molar-refractivity contribution in [2.45, 2.75) is 31.6 Å². The summed E-state index contributed by atoms with van der Waals surface area (Å²) in [4.78, 5) is 7.05. The molecule has 1 aromatic carbocycles. The lowest BCUT2D eigenvalue weighted by Gasteiger charge is -2.26. The van der Waals surface area contributed by atoms with Crippen LogP contribution in [0.5, 0.6) is 0 Å². The Morgan fingerprint density at radius 2 is 2.00 bits per heavy atom. The molecule has 0 atom stereocenters. The number of rotatable bonds is 7. The molecule has 3 rings (SSSR count). The summed E-state index contributed by atoms with van der Waals surface area (Å²) in [5, 5.41) is 3.26. The van der Waals surface area contributed by atoms with Crippen LogP contribution in [0.3, 0.4) is 0 Å². The molecule has 0 amide bonds. The Balaban J connectivity index is 0.00000225. The van der Waals surface area contributed by atoms with E-state index < -0.39 is 0 Å². The Morgan fingerprint density at radius 3 is 2.68 bits per heavy atom. The van der Waals surface area contributed by atoms with Gasteiger partial charge in [0.15, 0.2) is 5.96 Å². The fourth-order valence-corrected chi connectivity index (χ4v) is 3.47. The number of hydrogen-bond acceptors (Lipinski definition) is 3. The maximum absolute atomic E-state index is 6.05. The van der Waals surface area contributed by atoms with Crippen LogP contribution >= 0.6 is 24.0 Å². The van der Waals surface area contributed by atoms with E-state index in [2.05, 4.69) is 46.4 Å². The van der Waals surface area contributed by atoms with Crippen molar-refractivity contribution in [3.8, 4) is 0 Å². The number of nitrogens with zero attached hydrogens (tertiary/aromatic N) is 2. The van der Waals surface area contributed by atoms with E-state index in [-0.39, 0.29) is 29.4 Å². The summed E-state index contributed by atoms with van der Waals surface area (Å²) in [7, 11) is 0. The van der Waals surface area contributed by atoms with Crippen molar-refractivity contribution >= 4 is 29.9 Å². The minimum atomic E-state index is 0. The number of hydrogen-bond donors (Lipinski definition) is 2. The van der Waals surface area contributed by atoms with Crippen molar-refractivity contribution in [1.82, 2.24) is 10.2 Å². The predicted molar refractivity (Wildman–Crippen MR) is 114 cm³/mol. The second-order valence-corrected chi connectivity index (χ2v) is 7.03. The fraction of sp³-hybridized carbons (Fsp3) is 0.632. The number of benzene rings is 1. The number of morpholine rings is 1. The number of guanidine groups is 1. The maximum atomic E-state index is 6.05. The van der Waals surface area contributed by atoms with Crippen LogP contribution in [0.15, 0.2) is 29.3 Å². The average Bonchev–Trinajstić information content (AvgIpc) is 3.39. The van der Waals surface area contributed by atoms with Gasteiger partial charge in [-0.2, -0.15) is 0 Å². The molecule has 3 N–H and O–H groups in total. The molecule has 2 aliphatic rings. The topological polar surface area (TPSA) is 62.9 Å². The zero-order valence-electron chi connectivity index (χ0n) is 15.2. The zero-order chi connectivity index (χ0) is 16.8. The number of nitrogens with one attached hydrogen (secondary N) is 1. The first-order chi connectivity index (χ1) is 11.7. The van der Waals surface area contributed by atoms with Gasteiger partial charge in [-0.15, -0.1) is 24.0 Å². The summed E-state index contributed by atoms with van der Waals surface area (Å²) >= 11 is 0. The number of nitrogens with two attached hydrogens (primary N) is 1. The fourth-order valence-electron chi connectivity index (χ4n) is 3.47. The molecule has 0 unspecified atom stereocenters. The van der Waals surface area contributed by atoms with Gasteiger partial charge in [0.05, 0.1) is 19.8 Å². The molecule has 1 aromatic rings. The lowest BCUT2D eigenvalue weighted by molar-refractivity contribution is 0.0376. The third-order valence-corrected chi connectivity index (χ3v) is 5.18. The van der Waals surface area contributed by atoms with E-state index in [1.165, 1.54) is 24.0 Å². The van der Waals surface area contributed by atoms with Gasteiger partial charge in [0.2, 0.25) is 0 Å². The minimum absolute atomic E-state index is 0. The van der Waals surface area contributed by atoms with E-state index in [9.17, 15) is 0 Å². The average molecular weight is 458 g/mol. The van der Waals surface area contributed by atoms with E-state index in [4.69, 9.17) is 10.5 Å². The van der Waals surface area contributed by atoms with Gasteiger partial charge in [-0.3, -0.25) is 9.89 Å². The van der Waals surface area contributed by atoms with Crippen molar-refractivity contribution in [1.29, 1.82) is 0 Å². The number of halogens is 1. The highest BCUT2D eigenvalue weighted by molar-refractivity contribution is 14.0. The van der Waals surface area contributed by atoms with E-state index in [1.807, 2.05) is 0 Å². The lowest BCUT2D eigenvalue weighted by Crippen LogP contribution is -2.39. The van der Waals surface area contributed by atoms with Crippen molar-refractivity contribution in [3.63, 3.8) is 0 Å². The van der Waals surface area contributed by atoms with Gasteiger partial charge in [0.25, 0.3) is 0 Å². The highest BCUT2D eigenvalue weighted by Gasteiger charge is 2.44. The first-order valence-corrected chi connectivity index (χ1v) is 9.10. The molecular weight excluding hydrogens is 427 g/mol. The summed E-state index contributed by atoms with van der Waals surface area (Å²) < 4.78 is 5.36. The van der Waals surface area contributed by atoms with Crippen LogP contribution in [0.1, 0.15) is 30.4 Å². The van der Waals surface area contributed by atoms with Gasteiger partial charge < -0.3 is 15.8 Å². The van der Waals surface area contributed by atoms with Crippen LogP contribution in [0.4, 0.5) is 0 Å². The number of aryl methyl sites for hydroxylation is 1. The molecular formula is C19H31IN4O. The van der Waals surface area contributed by atoms with Gasteiger partial charge in [-0.05, 0) is 43.9 Å². The Hall–Kier alpha value is -0.860. The van der Waals surface area contributed by atoms with E-state index in [1.54, 1.807) is 0 Å². The van der Waals surface area contributed by atoms with E-state index in [0.29, 0.717) is 5.96 Å². The summed E-state index contributed by atoms with van der Waals surface area (Å²) in [6, 6.07) is 8.65. The van der Waals surface area contributed by atoms with E-state index in [0.717, 1.165) is 52.4 Å². The minimum Gasteiger partial charge on any atom is -0.379 e. The third-order valence-electron chi connectivity index (χ3n) is 5.18. The molecule has 0 spiro atoms. The van der Waals surface area contributed by atoms with Crippen molar-refractivity contribution in [3.05, 3.63) is 35.4 Å². The van der Waals surface area contributed by atoms with Gasteiger partial charge in [-0.1, -0.05) is 24.3 Å². The lowest BCUT2D eigenvalue weighted by atomic mass is 9.92. The molecule has 1 aliphatic heterocycles. The molecule has 1 saturated heterocycles. The Bertz CT molecular complexity index is 568. The summed E-state index contributed by atoms with van der Waals surface area (Å²) in [6.07, 6.45) is 3.51. The Morgan fingerprint density at radius 1 is 1.28 bits per heavy atom. The first-order valence-electron chi connectivity index (χ1n) is 9.10. The van der Waals surface area contributed by atoms with Gasteiger partial charge in [0, 0.05) is 25.0 Å². The molecule has 6 heteroatoms.